The molecular formula is C22H17FO4. The van der Waals surface area contributed by atoms with Gasteiger partial charge in [0.1, 0.15) is 11.6 Å². The number of hydrogen-bond donors (Lipinski definition) is 0. The Hall–Kier alpha value is -3.47. The molecule has 0 unspecified atom stereocenters. The molecule has 0 saturated carbocycles. The second-order valence-corrected chi connectivity index (χ2v) is 5.83. The summed E-state index contributed by atoms with van der Waals surface area (Å²) in [4.78, 5) is 22.4. The highest BCUT2D eigenvalue weighted by Gasteiger charge is 2.11. The van der Waals surface area contributed by atoms with Crippen LogP contribution in [0.25, 0.3) is 21.5 Å². The van der Waals surface area contributed by atoms with Crippen molar-refractivity contribution in [3.05, 3.63) is 79.2 Å². The number of esters is 2. The maximum absolute atomic E-state index is 14.9. The van der Waals surface area contributed by atoms with Gasteiger partial charge in [-0.2, -0.15) is 0 Å². The van der Waals surface area contributed by atoms with E-state index in [4.69, 9.17) is 9.47 Å². The van der Waals surface area contributed by atoms with Crippen molar-refractivity contribution in [3.8, 4) is 5.75 Å². The first-order valence-corrected chi connectivity index (χ1v) is 8.31. The zero-order valence-electron chi connectivity index (χ0n) is 14.5. The van der Waals surface area contributed by atoms with E-state index in [2.05, 4.69) is 13.2 Å². The van der Waals surface area contributed by atoms with Crippen LogP contribution in [0.1, 0.15) is 5.56 Å². The summed E-state index contributed by atoms with van der Waals surface area (Å²) in [5, 5.41) is 2.89. The number of hydrogen-bond acceptors (Lipinski definition) is 4. The van der Waals surface area contributed by atoms with Crippen LogP contribution < -0.4 is 4.74 Å². The highest BCUT2D eigenvalue weighted by molar-refractivity contribution is 6.08. The van der Waals surface area contributed by atoms with E-state index in [1.54, 1.807) is 36.4 Å². The van der Waals surface area contributed by atoms with Gasteiger partial charge in [-0.3, -0.25) is 0 Å². The Morgan fingerprint density at radius 2 is 1.63 bits per heavy atom. The molecule has 0 aliphatic heterocycles. The minimum atomic E-state index is -0.539. The molecule has 3 aromatic rings. The maximum atomic E-state index is 14.9. The summed E-state index contributed by atoms with van der Waals surface area (Å²) in [6.07, 6.45) is 2.44. The average molecular weight is 364 g/mol. The van der Waals surface area contributed by atoms with Gasteiger partial charge in [-0.15, -0.1) is 0 Å². The van der Waals surface area contributed by atoms with Crippen molar-refractivity contribution in [2.75, 3.05) is 6.61 Å². The Labute approximate surface area is 155 Å². The van der Waals surface area contributed by atoms with Crippen LogP contribution in [0.4, 0.5) is 4.39 Å². The predicted octanol–water partition coefficient (Wildman–Crippen LogP) is 4.50. The van der Waals surface area contributed by atoms with E-state index in [0.29, 0.717) is 16.7 Å². The molecule has 0 N–H and O–H groups in total. The third-order valence-electron chi connectivity index (χ3n) is 4.17. The third-order valence-corrected chi connectivity index (χ3v) is 4.17. The first-order valence-electron chi connectivity index (χ1n) is 8.31. The van der Waals surface area contributed by atoms with E-state index < -0.39 is 11.9 Å². The van der Waals surface area contributed by atoms with E-state index >= 15 is 0 Å². The molecule has 0 aliphatic rings. The first kappa shape index (κ1) is 18.3. The fourth-order valence-electron chi connectivity index (χ4n) is 2.87. The van der Waals surface area contributed by atoms with Gasteiger partial charge in [-0.05, 0) is 33.9 Å². The summed E-state index contributed by atoms with van der Waals surface area (Å²) in [6.45, 7) is 6.77. The average Bonchev–Trinajstić information content (AvgIpc) is 2.68. The molecule has 0 aliphatic carbocycles. The second kappa shape index (κ2) is 7.83. The largest absolute Gasteiger partial charge is 0.462 e. The van der Waals surface area contributed by atoms with Gasteiger partial charge < -0.3 is 9.47 Å². The van der Waals surface area contributed by atoms with Gasteiger partial charge >= 0.3 is 11.9 Å². The third kappa shape index (κ3) is 3.87. The SMILES string of the molecule is C=CC(=O)OCCc1ccc2c(ccc3cc(OC(=O)C=C)ccc32)c1F. The zero-order valence-corrected chi connectivity index (χ0v) is 14.5. The predicted molar refractivity (Wildman–Crippen MR) is 102 cm³/mol. The van der Waals surface area contributed by atoms with Crippen molar-refractivity contribution in [2.45, 2.75) is 6.42 Å². The summed E-state index contributed by atoms with van der Waals surface area (Å²) < 4.78 is 24.9. The van der Waals surface area contributed by atoms with Crippen LogP contribution in [0.5, 0.6) is 5.75 Å². The van der Waals surface area contributed by atoms with Crippen molar-refractivity contribution < 1.29 is 23.5 Å². The number of ether oxygens (including phenoxy) is 2. The molecule has 0 bridgehead atoms. The maximum Gasteiger partial charge on any atom is 0.335 e. The lowest BCUT2D eigenvalue weighted by Crippen LogP contribution is -2.05. The quantitative estimate of drug-likeness (QED) is 0.280. The van der Waals surface area contributed by atoms with Crippen LogP contribution >= 0.6 is 0 Å². The van der Waals surface area contributed by atoms with E-state index in [9.17, 15) is 14.0 Å². The molecule has 0 aromatic heterocycles. The lowest BCUT2D eigenvalue weighted by molar-refractivity contribution is -0.137. The lowest BCUT2D eigenvalue weighted by Gasteiger charge is -2.10. The summed E-state index contributed by atoms with van der Waals surface area (Å²) in [6, 6.07) is 12.1. The van der Waals surface area contributed by atoms with E-state index in [-0.39, 0.29) is 18.8 Å². The normalized spacial score (nSPS) is 10.6. The van der Waals surface area contributed by atoms with Crippen LogP contribution in [0.2, 0.25) is 0 Å². The van der Waals surface area contributed by atoms with Crippen LogP contribution in [-0.2, 0) is 20.7 Å². The Bertz CT molecular complexity index is 1070. The van der Waals surface area contributed by atoms with E-state index in [0.717, 1.165) is 28.3 Å². The number of carbonyl (C=O) groups excluding carboxylic acids is 2. The minimum Gasteiger partial charge on any atom is -0.462 e. The van der Waals surface area contributed by atoms with Crippen molar-refractivity contribution in [1.29, 1.82) is 0 Å². The van der Waals surface area contributed by atoms with Gasteiger partial charge in [-0.1, -0.05) is 43.5 Å². The molecule has 27 heavy (non-hydrogen) atoms. The molecule has 0 radical (unpaired) electrons. The summed E-state index contributed by atoms with van der Waals surface area (Å²) in [5.74, 6) is -1.02. The Balaban J connectivity index is 1.94. The number of halogens is 1. The van der Waals surface area contributed by atoms with Crippen LogP contribution in [0, 0.1) is 5.82 Å². The molecule has 4 nitrogen and oxygen atoms in total. The van der Waals surface area contributed by atoms with Crippen molar-refractivity contribution in [3.63, 3.8) is 0 Å². The highest BCUT2D eigenvalue weighted by Crippen LogP contribution is 2.31. The molecule has 0 saturated heterocycles. The van der Waals surface area contributed by atoms with Gasteiger partial charge in [0.2, 0.25) is 0 Å². The molecule has 0 fully saturated rings. The van der Waals surface area contributed by atoms with Crippen molar-refractivity contribution in [1.82, 2.24) is 0 Å². The van der Waals surface area contributed by atoms with Crippen molar-refractivity contribution >= 4 is 33.5 Å². The first-order chi connectivity index (χ1) is 13.0. The lowest BCUT2D eigenvalue weighted by atomic mass is 9.98. The second-order valence-electron chi connectivity index (χ2n) is 5.83. The smallest absolute Gasteiger partial charge is 0.335 e. The summed E-state index contributed by atoms with van der Waals surface area (Å²) in [7, 11) is 0. The topological polar surface area (TPSA) is 52.6 Å². The molecule has 0 atom stereocenters. The standard InChI is InChI=1S/C22H17FO4/c1-3-20(24)26-12-11-14-5-8-18-17-10-7-16(27-21(25)4-2)13-15(17)6-9-19(18)22(14)23/h3-10,13H,1-2,11-12H2. The number of carbonyl (C=O) groups is 2. The van der Waals surface area contributed by atoms with E-state index in [1.165, 1.54) is 0 Å². The van der Waals surface area contributed by atoms with Gasteiger partial charge in [0.05, 0.1) is 6.61 Å². The molecule has 136 valence electrons. The summed E-state index contributed by atoms with van der Waals surface area (Å²) >= 11 is 0. The van der Waals surface area contributed by atoms with Gasteiger partial charge in [0, 0.05) is 24.0 Å². The fraction of sp³-hybridized carbons (Fsp3) is 0.0909. The molecule has 5 heteroatoms. The Kier molecular flexibility index (Phi) is 5.31. The van der Waals surface area contributed by atoms with Gasteiger partial charge in [0.15, 0.2) is 0 Å². The Morgan fingerprint density at radius 3 is 2.37 bits per heavy atom. The molecular weight excluding hydrogens is 347 g/mol. The van der Waals surface area contributed by atoms with Crippen LogP contribution in [0.15, 0.2) is 67.8 Å². The monoisotopic (exact) mass is 364 g/mol. The molecule has 0 heterocycles. The van der Waals surface area contributed by atoms with Gasteiger partial charge in [0.25, 0.3) is 0 Å². The molecule has 0 spiro atoms. The molecule has 3 rings (SSSR count). The Morgan fingerprint density at radius 1 is 0.926 bits per heavy atom. The number of fused-ring (bicyclic) bond motifs is 3. The summed E-state index contributed by atoms with van der Waals surface area (Å²) in [5.41, 5.74) is 0.468. The molecule has 3 aromatic carbocycles. The fourth-order valence-corrected chi connectivity index (χ4v) is 2.87. The number of rotatable bonds is 6. The van der Waals surface area contributed by atoms with Gasteiger partial charge in [-0.25, -0.2) is 14.0 Å². The zero-order chi connectivity index (χ0) is 19.4. The van der Waals surface area contributed by atoms with Crippen LogP contribution in [0.3, 0.4) is 0 Å². The van der Waals surface area contributed by atoms with E-state index in [1.807, 2.05) is 6.07 Å². The highest BCUT2D eigenvalue weighted by atomic mass is 19.1. The minimum absolute atomic E-state index is 0.0822. The van der Waals surface area contributed by atoms with Crippen LogP contribution in [-0.4, -0.2) is 18.5 Å². The molecule has 0 amide bonds. The number of benzene rings is 3. The van der Waals surface area contributed by atoms with Crippen molar-refractivity contribution in [2.24, 2.45) is 0 Å².